The van der Waals surface area contributed by atoms with E-state index >= 15 is 0 Å². The summed E-state index contributed by atoms with van der Waals surface area (Å²) >= 11 is 0. The van der Waals surface area contributed by atoms with E-state index in [1.807, 2.05) is 12.1 Å². The van der Waals surface area contributed by atoms with Crippen molar-refractivity contribution in [3.05, 3.63) is 84.9 Å². The van der Waals surface area contributed by atoms with E-state index in [-0.39, 0.29) is 0 Å². The summed E-state index contributed by atoms with van der Waals surface area (Å²) in [7, 11) is 0. The number of hydrogen-bond acceptors (Lipinski definition) is 0. The Morgan fingerprint density at radius 1 is 0.423 bits per heavy atom. The molecular formula is C24H14N2. The Labute approximate surface area is 152 Å². The van der Waals surface area contributed by atoms with E-state index in [1.165, 1.54) is 39.1 Å². The van der Waals surface area contributed by atoms with Crippen LogP contribution in [0.1, 0.15) is 0 Å². The molecule has 0 spiro atoms. The van der Waals surface area contributed by atoms with Crippen molar-refractivity contribution in [3.63, 3.8) is 0 Å². The van der Waals surface area contributed by atoms with Gasteiger partial charge in [-0.25, -0.2) is 10.6 Å². The fraction of sp³-hybridized carbons (Fsp3) is 0. The van der Waals surface area contributed by atoms with E-state index in [0.717, 1.165) is 17.1 Å². The van der Waals surface area contributed by atoms with Crippen LogP contribution in [0, 0.1) is 0 Å². The van der Waals surface area contributed by atoms with Crippen LogP contribution in [0.25, 0.3) is 33.4 Å². The predicted molar refractivity (Wildman–Crippen MR) is 106 cm³/mol. The lowest BCUT2D eigenvalue weighted by Gasteiger charge is -2.10. The lowest BCUT2D eigenvalue weighted by molar-refractivity contribution is 1.22. The summed E-state index contributed by atoms with van der Waals surface area (Å²) < 4.78 is 0. The number of rotatable bonds is 0. The van der Waals surface area contributed by atoms with Crippen LogP contribution >= 0.6 is 0 Å². The molecule has 0 saturated heterocycles. The van der Waals surface area contributed by atoms with Crippen molar-refractivity contribution >= 4 is 22.7 Å². The Balaban J connectivity index is 0.000000106. The number of para-hydroxylation sites is 3. The van der Waals surface area contributed by atoms with Crippen molar-refractivity contribution in [2.24, 2.45) is 0 Å². The van der Waals surface area contributed by atoms with E-state index in [1.54, 1.807) is 0 Å². The molecule has 2 nitrogen and oxygen atoms in total. The molecule has 4 aromatic rings. The average Bonchev–Trinajstić information content (AvgIpc) is 3.23. The van der Waals surface area contributed by atoms with Gasteiger partial charge in [0.25, 0.3) is 0 Å². The van der Waals surface area contributed by atoms with E-state index < -0.39 is 0 Å². The molecule has 0 atom stereocenters. The highest BCUT2D eigenvalue weighted by molar-refractivity contribution is 6.02. The van der Waals surface area contributed by atoms with Crippen LogP contribution in [0.3, 0.4) is 0 Å². The van der Waals surface area contributed by atoms with E-state index in [4.69, 9.17) is 0 Å². The summed E-state index contributed by atoms with van der Waals surface area (Å²) in [5, 5.41) is 9.09. The van der Waals surface area contributed by atoms with E-state index in [0.29, 0.717) is 0 Å². The van der Waals surface area contributed by atoms with Gasteiger partial charge in [0.05, 0.1) is 22.7 Å². The van der Waals surface area contributed by atoms with E-state index in [9.17, 15) is 0 Å². The minimum atomic E-state index is 1.09. The van der Waals surface area contributed by atoms with E-state index in [2.05, 4.69) is 83.4 Å². The van der Waals surface area contributed by atoms with Gasteiger partial charge >= 0.3 is 0 Å². The Hall–Kier alpha value is -3.52. The molecule has 3 heterocycles. The van der Waals surface area contributed by atoms with Gasteiger partial charge in [0.1, 0.15) is 0 Å². The highest BCUT2D eigenvalue weighted by atomic mass is 14.9. The Kier molecular flexibility index (Phi) is 2.64. The first kappa shape index (κ1) is 13.7. The second-order valence-electron chi connectivity index (χ2n) is 6.69. The molecule has 0 aliphatic carbocycles. The summed E-state index contributed by atoms with van der Waals surface area (Å²) in [6, 6.07) is 29.4. The van der Waals surface area contributed by atoms with Crippen LogP contribution in [0.15, 0.2) is 84.9 Å². The Morgan fingerprint density at radius 3 is 1.81 bits per heavy atom. The smallest absolute Gasteiger partial charge is 0.0794 e. The zero-order valence-corrected chi connectivity index (χ0v) is 14.0. The van der Waals surface area contributed by atoms with Gasteiger partial charge in [-0.3, -0.25) is 0 Å². The second kappa shape index (κ2) is 4.99. The van der Waals surface area contributed by atoms with Gasteiger partial charge in [0, 0.05) is 27.8 Å². The molecule has 0 aromatic heterocycles. The molecule has 3 bridgehead atoms. The van der Waals surface area contributed by atoms with Crippen LogP contribution in [-0.4, -0.2) is 0 Å². The van der Waals surface area contributed by atoms with Crippen LogP contribution in [-0.2, 0) is 0 Å². The highest BCUT2D eigenvalue weighted by Crippen LogP contribution is 2.52. The van der Waals surface area contributed by atoms with Crippen molar-refractivity contribution in [1.29, 1.82) is 0 Å². The molecule has 3 aliphatic rings. The van der Waals surface area contributed by atoms with Crippen molar-refractivity contribution in [3.8, 4) is 33.4 Å². The van der Waals surface area contributed by atoms with Crippen molar-refractivity contribution in [1.82, 2.24) is 10.6 Å². The number of hydrogen-bond donors (Lipinski definition) is 0. The zero-order chi connectivity index (χ0) is 17.1. The maximum atomic E-state index is 4.57. The van der Waals surface area contributed by atoms with Gasteiger partial charge in [-0.05, 0) is 23.8 Å². The quantitative estimate of drug-likeness (QED) is 0.306. The number of benzene rings is 4. The van der Waals surface area contributed by atoms with Crippen molar-refractivity contribution < 1.29 is 0 Å². The number of fused-ring (bicyclic) bond motifs is 6. The molecule has 0 fully saturated rings. The normalized spacial score (nSPS) is 12.5. The highest BCUT2D eigenvalue weighted by Gasteiger charge is 2.27. The van der Waals surface area contributed by atoms with Crippen LogP contribution < -0.4 is 10.6 Å². The minimum Gasteiger partial charge on any atom is -0.248 e. The molecule has 0 amide bonds. The third kappa shape index (κ3) is 1.81. The molecule has 26 heavy (non-hydrogen) atoms. The lowest BCUT2D eigenvalue weighted by Crippen LogP contribution is -1.91. The fourth-order valence-corrected chi connectivity index (χ4v) is 3.98. The summed E-state index contributed by atoms with van der Waals surface area (Å²) in [5.74, 6) is 0. The van der Waals surface area contributed by atoms with Gasteiger partial charge in [0.15, 0.2) is 0 Å². The molecule has 0 saturated carbocycles. The minimum absolute atomic E-state index is 1.09. The summed E-state index contributed by atoms with van der Waals surface area (Å²) in [6.45, 7) is 0. The summed E-state index contributed by atoms with van der Waals surface area (Å²) in [6.07, 6.45) is 0. The second-order valence-corrected chi connectivity index (χ2v) is 6.69. The van der Waals surface area contributed by atoms with Crippen LogP contribution in [0.2, 0.25) is 0 Å². The maximum Gasteiger partial charge on any atom is 0.0794 e. The van der Waals surface area contributed by atoms with Gasteiger partial charge in [0.2, 0.25) is 0 Å². The van der Waals surface area contributed by atoms with Gasteiger partial charge in [-0.2, -0.15) is 0 Å². The first-order valence-corrected chi connectivity index (χ1v) is 8.78. The molecule has 120 valence electrons. The summed E-state index contributed by atoms with van der Waals surface area (Å²) in [5.41, 5.74) is 12.2. The van der Waals surface area contributed by atoms with Crippen LogP contribution in [0.4, 0.5) is 22.7 Å². The molecule has 4 aromatic carbocycles. The first-order chi connectivity index (χ1) is 12.9. The molecule has 3 aliphatic heterocycles. The molecule has 0 N–H and O–H groups in total. The fourth-order valence-electron chi connectivity index (χ4n) is 3.98. The third-order valence-corrected chi connectivity index (χ3v) is 5.21. The number of nitrogens with zero attached hydrogens (tertiary/aromatic N) is 2. The Bertz CT molecular complexity index is 1130. The monoisotopic (exact) mass is 330 g/mol. The molecular weight excluding hydrogens is 316 g/mol. The maximum absolute atomic E-state index is 4.57. The van der Waals surface area contributed by atoms with Gasteiger partial charge < -0.3 is 0 Å². The van der Waals surface area contributed by atoms with Crippen molar-refractivity contribution in [2.45, 2.75) is 0 Å². The SMILES string of the molecule is c1cc2c3c(c1)-c1ccc-2cc1[N]3.c1ccc2c(c1)[N]c1ccccc1-2. The predicted octanol–water partition coefficient (Wildman–Crippen LogP) is 6.45. The van der Waals surface area contributed by atoms with Gasteiger partial charge in [-0.15, -0.1) is 0 Å². The average molecular weight is 330 g/mol. The standard InChI is InChI=1S/C12H6N.C12H8N/c1-2-8-7-4-5-9-10(3-1)12(8)13-11(9)6-7;1-3-7-11-9(5-1)10-6-2-4-8-12(10)13-11/h1-6H;1-8H. The van der Waals surface area contributed by atoms with Gasteiger partial charge in [-0.1, -0.05) is 66.7 Å². The first-order valence-electron chi connectivity index (χ1n) is 8.78. The lowest BCUT2D eigenvalue weighted by atomic mass is 10.0. The van der Waals surface area contributed by atoms with Crippen molar-refractivity contribution in [2.75, 3.05) is 0 Å². The van der Waals surface area contributed by atoms with Crippen LogP contribution in [0.5, 0.6) is 0 Å². The molecule has 0 unspecified atom stereocenters. The third-order valence-electron chi connectivity index (χ3n) is 5.21. The Morgan fingerprint density at radius 2 is 1.04 bits per heavy atom. The topological polar surface area (TPSA) is 28.2 Å². The molecule has 2 radical (unpaired) electrons. The largest absolute Gasteiger partial charge is 0.248 e. The summed E-state index contributed by atoms with van der Waals surface area (Å²) in [4.78, 5) is 0. The molecule has 7 rings (SSSR count). The molecule has 2 heteroatoms. The zero-order valence-electron chi connectivity index (χ0n) is 14.0.